The second-order valence-corrected chi connectivity index (χ2v) is 7.74. The second-order valence-electron chi connectivity index (χ2n) is 7.74. The number of fused-ring (bicyclic) bond motifs is 2. The van der Waals surface area contributed by atoms with Gasteiger partial charge in [0.25, 0.3) is 0 Å². The third kappa shape index (κ3) is 3.55. The summed E-state index contributed by atoms with van der Waals surface area (Å²) in [7, 11) is 1.72. The fourth-order valence-corrected chi connectivity index (χ4v) is 4.30. The van der Waals surface area contributed by atoms with Gasteiger partial charge in [-0.05, 0) is 47.0 Å². The largest absolute Gasteiger partial charge is 0.496 e. The van der Waals surface area contributed by atoms with Crippen LogP contribution in [0.3, 0.4) is 0 Å². The van der Waals surface area contributed by atoms with Gasteiger partial charge in [-0.25, -0.2) is 4.39 Å². The first-order valence-electron chi connectivity index (χ1n) is 10.2. The molecule has 0 spiro atoms. The van der Waals surface area contributed by atoms with Crippen molar-refractivity contribution in [3.63, 3.8) is 0 Å². The normalized spacial score (nSPS) is 13.5. The van der Waals surface area contributed by atoms with Crippen LogP contribution in [0.1, 0.15) is 16.8 Å². The molecule has 0 radical (unpaired) electrons. The van der Waals surface area contributed by atoms with Crippen LogP contribution in [-0.4, -0.2) is 23.5 Å². The topological polar surface area (TPSA) is 25.4 Å². The highest BCUT2D eigenvalue weighted by Crippen LogP contribution is 2.38. The van der Waals surface area contributed by atoms with Crippen molar-refractivity contribution in [2.24, 2.45) is 0 Å². The summed E-state index contributed by atoms with van der Waals surface area (Å²) in [5, 5.41) is 1.17. The Morgan fingerprint density at radius 1 is 0.900 bits per heavy atom. The van der Waals surface area contributed by atoms with E-state index in [9.17, 15) is 4.39 Å². The Hall–Kier alpha value is -3.24. The van der Waals surface area contributed by atoms with E-state index in [1.807, 2.05) is 30.3 Å². The molecular formula is C26H23FN2O. The maximum Gasteiger partial charge on any atom is 0.123 e. The highest BCUT2D eigenvalue weighted by atomic mass is 19.1. The first-order valence-corrected chi connectivity index (χ1v) is 10.2. The lowest BCUT2D eigenvalue weighted by Gasteiger charge is -2.15. The predicted octanol–water partition coefficient (Wildman–Crippen LogP) is 5.61. The Labute approximate surface area is 175 Å². The van der Waals surface area contributed by atoms with E-state index in [1.54, 1.807) is 7.11 Å². The molecule has 0 aliphatic carbocycles. The van der Waals surface area contributed by atoms with Crippen LogP contribution in [0.15, 0.2) is 72.8 Å². The van der Waals surface area contributed by atoms with Gasteiger partial charge in [0, 0.05) is 42.7 Å². The number of para-hydroxylation sites is 1. The van der Waals surface area contributed by atoms with Gasteiger partial charge >= 0.3 is 0 Å². The first kappa shape index (κ1) is 18.8. The van der Waals surface area contributed by atoms with Gasteiger partial charge in [0.2, 0.25) is 0 Å². The number of hydrogen-bond donors (Lipinski definition) is 0. The Morgan fingerprint density at radius 3 is 2.53 bits per heavy atom. The van der Waals surface area contributed by atoms with Crippen molar-refractivity contribution in [1.82, 2.24) is 9.88 Å². The molecule has 5 rings (SSSR count). The minimum atomic E-state index is -0.214. The van der Waals surface area contributed by atoms with Crippen LogP contribution in [0, 0.1) is 5.82 Å². The van der Waals surface area contributed by atoms with Gasteiger partial charge in [-0.1, -0.05) is 42.5 Å². The third-order valence-electron chi connectivity index (χ3n) is 5.87. The number of halogens is 1. The van der Waals surface area contributed by atoms with Gasteiger partial charge in [0.15, 0.2) is 0 Å². The number of hydrogen-bond acceptors (Lipinski definition) is 3. The zero-order valence-corrected chi connectivity index (χ0v) is 16.9. The third-order valence-corrected chi connectivity index (χ3v) is 5.87. The molecule has 1 aliphatic rings. The van der Waals surface area contributed by atoms with Crippen LogP contribution in [0.25, 0.3) is 22.0 Å². The molecule has 0 N–H and O–H groups in total. The van der Waals surface area contributed by atoms with Crippen molar-refractivity contribution >= 4 is 10.9 Å². The molecule has 2 heterocycles. The number of benzene rings is 3. The van der Waals surface area contributed by atoms with Crippen molar-refractivity contribution in [3.8, 4) is 16.9 Å². The van der Waals surface area contributed by atoms with E-state index in [1.165, 1.54) is 28.6 Å². The van der Waals surface area contributed by atoms with E-state index in [4.69, 9.17) is 9.72 Å². The van der Waals surface area contributed by atoms with Crippen molar-refractivity contribution in [2.45, 2.75) is 19.5 Å². The lowest BCUT2D eigenvalue weighted by Crippen LogP contribution is -2.20. The molecule has 1 aliphatic heterocycles. The van der Waals surface area contributed by atoms with Gasteiger partial charge in [0.05, 0.1) is 12.6 Å². The molecule has 0 atom stereocenters. The summed E-state index contributed by atoms with van der Waals surface area (Å²) in [5.41, 5.74) is 6.83. The summed E-state index contributed by atoms with van der Waals surface area (Å²) in [4.78, 5) is 7.23. The molecule has 4 aromatic rings. The zero-order valence-electron chi connectivity index (χ0n) is 16.9. The fraction of sp³-hybridized carbons (Fsp3) is 0.192. The average molecular weight is 398 g/mol. The van der Waals surface area contributed by atoms with Crippen LogP contribution < -0.4 is 4.74 Å². The van der Waals surface area contributed by atoms with E-state index in [0.717, 1.165) is 54.1 Å². The van der Waals surface area contributed by atoms with Crippen molar-refractivity contribution in [1.29, 1.82) is 0 Å². The van der Waals surface area contributed by atoms with Crippen LogP contribution in [-0.2, 0) is 19.5 Å². The quantitative estimate of drug-likeness (QED) is 0.437. The molecule has 0 saturated heterocycles. The number of methoxy groups -OCH3 is 1. The zero-order chi connectivity index (χ0) is 20.5. The van der Waals surface area contributed by atoms with Crippen molar-refractivity contribution < 1.29 is 9.13 Å². The first-order chi connectivity index (χ1) is 14.7. The summed E-state index contributed by atoms with van der Waals surface area (Å²) >= 11 is 0. The Bertz CT molecular complexity index is 1200. The van der Waals surface area contributed by atoms with E-state index >= 15 is 0 Å². The SMILES string of the molecule is COc1ccc(-c2ccc(F)cc2)c2c1CN(CCc1ccc3ccccc3n1)C2. The van der Waals surface area contributed by atoms with Gasteiger partial charge in [-0.3, -0.25) is 9.88 Å². The monoisotopic (exact) mass is 398 g/mol. The molecule has 3 aromatic carbocycles. The maximum absolute atomic E-state index is 13.4. The lowest BCUT2D eigenvalue weighted by molar-refractivity contribution is 0.284. The van der Waals surface area contributed by atoms with Gasteiger partial charge in [0.1, 0.15) is 11.6 Å². The number of rotatable bonds is 5. The molecule has 4 heteroatoms. The predicted molar refractivity (Wildman–Crippen MR) is 118 cm³/mol. The minimum absolute atomic E-state index is 0.214. The summed E-state index contributed by atoms with van der Waals surface area (Å²) in [6.45, 7) is 2.62. The van der Waals surface area contributed by atoms with E-state index < -0.39 is 0 Å². The van der Waals surface area contributed by atoms with E-state index in [2.05, 4.69) is 35.2 Å². The fourth-order valence-electron chi connectivity index (χ4n) is 4.30. The Kier molecular flexibility index (Phi) is 4.93. The van der Waals surface area contributed by atoms with Gasteiger partial charge in [-0.15, -0.1) is 0 Å². The number of pyridine rings is 1. The molecule has 0 bridgehead atoms. The summed E-state index contributed by atoms with van der Waals surface area (Å²) in [5.74, 6) is 0.704. The second kappa shape index (κ2) is 7.88. The van der Waals surface area contributed by atoms with Crippen LogP contribution in [0.2, 0.25) is 0 Å². The number of aromatic nitrogens is 1. The molecule has 150 valence electrons. The lowest BCUT2D eigenvalue weighted by atomic mass is 9.96. The maximum atomic E-state index is 13.4. The van der Waals surface area contributed by atoms with Crippen molar-refractivity contribution in [3.05, 3.63) is 95.4 Å². The van der Waals surface area contributed by atoms with Gasteiger partial charge < -0.3 is 4.74 Å². The summed E-state index contributed by atoms with van der Waals surface area (Å²) < 4.78 is 19.0. The molecule has 30 heavy (non-hydrogen) atoms. The van der Waals surface area contributed by atoms with E-state index in [0.29, 0.717) is 0 Å². The van der Waals surface area contributed by atoms with Gasteiger partial charge in [-0.2, -0.15) is 0 Å². The molecule has 0 fully saturated rings. The molecular weight excluding hydrogens is 375 g/mol. The molecule has 0 unspecified atom stereocenters. The molecule has 0 saturated carbocycles. The average Bonchev–Trinajstić information content (AvgIpc) is 3.22. The van der Waals surface area contributed by atoms with Crippen LogP contribution in [0.5, 0.6) is 5.75 Å². The van der Waals surface area contributed by atoms with Crippen LogP contribution in [0.4, 0.5) is 4.39 Å². The molecule has 1 aromatic heterocycles. The van der Waals surface area contributed by atoms with Crippen LogP contribution >= 0.6 is 0 Å². The summed E-state index contributed by atoms with van der Waals surface area (Å²) in [6.07, 6.45) is 0.896. The number of ether oxygens (including phenoxy) is 1. The highest BCUT2D eigenvalue weighted by Gasteiger charge is 2.25. The number of nitrogens with zero attached hydrogens (tertiary/aromatic N) is 2. The highest BCUT2D eigenvalue weighted by molar-refractivity contribution is 5.78. The Balaban J connectivity index is 1.37. The Morgan fingerprint density at radius 2 is 1.70 bits per heavy atom. The van der Waals surface area contributed by atoms with Crippen molar-refractivity contribution in [2.75, 3.05) is 13.7 Å². The minimum Gasteiger partial charge on any atom is -0.496 e. The summed E-state index contributed by atoms with van der Waals surface area (Å²) in [6, 6.07) is 23.3. The van der Waals surface area contributed by atoms with E-state index in [-0.39, 0.29) is 5.82 Å². The smallest absolute Gasteiger partial charge is 0.123 e. The standard InChI is InChI=1S/C26H23FN2O/c1-30-26-13-12-22(18-6-9-20(27)10-7-18)23-16-29(17-24(23)26)15-14-21-11-8-19-4-2-3-5-25(19)28-21/h2-13H,14-17H2,1H3. The molecule has 0 amide bonds. The molecule has 3 nitrogen and oxygen atoms in total.